The number of nitrogens with zero attached hydrogens (tertiary/aromatic N) is 6. The Morgan fingerprint density at radius 3 is 2.69 bits per heavy atom. The summed E-state index contributed by atoms with van der Waals surface area (Å²) in [6, 6.07) is 7.46. The quantitative estimate of drug-likeness (QED) is 0.364. The van der Waals surface area contributed by atoms with E-state index in [9.17, 15) is 18.8 Å². The summed E-state index contributed by atoms with van der Waals surface area (Å²) in [5, 5.41) is 3.56. The number of anilines is 1. The molecule has 0 saturated carbocycles. The number of hydrogen-bond acceptors (Lipinski definition) is 7. The fraction of sp³-hybridized carbons (Fsp3) is 0.433. The molecule has 1 aliphatic heterocycles. The number of pyridine rings is 1. The van der Waals surface area contributed by atoms with E-state index in [-0.39, 0.29) is 36.1 Å². The Bertz CT molecular complexity index is 1860. The van der Waals surface area contributed by atoms with Crippen LogP contribution in [0, 0.1) is 17.7 Å². The van der Waals surface area contributed by atoms with Gasteiger partial charge in [0.25, 0.3) is 5.56 Å². The van der Waals surface area contributed by atoms with Gasteiger partial charge in [-0.05, 0) is 64.8 Å². The summed E-state index contributed by atoms with van der Waals surface area (Å²) >= 11 is 0. The minimum Gasteiger partial charge on any atom is -0.444 e. The van der Waals surface area contributed by atoms with Crippen molar-refractivity contribution < 1.29 is 13.9 Å². The molecule has 0 aliphatic carbocycles. The minimum atomic E-state index is -0.615. The molecule has 1 aliphatic rings. The molecule has 1 N–H and O–H groups in total. The third kappa shape index (κ3) is 5.86. The Morgan fingerprint density at radius 2 is 1.95 bits per heavy atom. The number of aromatic nitrogens is 5. The van der Waals surface area contributed by atoms with Gasteiger partial charge in [-0.2, -0.15) is 4.98 Å². The summed E-state index contributed by atoms with van der Waals surface area (Å²) in [5.41, 5.74) is -0.112. The molecule has 0 radical (unpaired) electrons. The van der Waals surface area contributed by atoms with Gasteiger partial charge >= 0.3 is 11.8 Å². The predicted molar refractivity (Wildman–Crippen MR) is 158 cm³/mol. The summed E-state index contributed by atoms with van der Waals surface area (Å²) in [5.74, 6) is 6.03. The lowest BCUT2D eigenvalue weighted by molar-refractivity contribution is 0.0499. The fourth-order valence-electron chi connectivity index (χ4n) is 5.19. The second kappa shape index (κ2) is 11.3. The van der Waals surface area contributed by atoms with Crippen LogP contribution in [0.1, 0.15) is 46.2 Å². The van der Waals surface area contributed by atoms with Gasteiger partial charge in [-0.15, -0.1) is 5.92 Å². The van der Waals surface area contributed by atoms with Gasteiger partial charge < -0.3 is 15.0 Å². The molecule has 12 heteroatoms. The van der Waals surface area contributed by atoms with Crippen molar-refractivity contribution >= 4 is 34.1 Å². The molecule has 11 nitrogen and oxygen atoms in total. The zero-order valence-electron chi connectivity index (χ0n) is 24.4. The van der Waals surface area contributed by atoms with Crippen LogP contribution in [-0.2, 0) is 24.9 Å². The van der Waals surface area contributed by atoms with E-state index in [1.165, 1.54) is 16.7 Å². The molecule has 4 heterocycles. The standard InChI is InChI=1S/C30H34FN7O4/c1-6-7-15-37-24-25(34-27(37)36-14-8-9-21(17-36)33-28(40)42-30(2,3)4)35(5)29(41)38(26(24)39)18-22-12-10-19-16-20(31)11-13-23(19)32-22/h10-13,16,21H,8-9,14-15,17-18H2,1-5H3,(H,33,40)/t21-/m1/s1. The first-order valence-corrected chi connectivity index (χ1v) is 13.8. The third-order valence-electron chi connectivity index (χ3n) is 7.08. The SMILES string of the molecule is CC#CCn1c(N2CCC[C@@H](NC(=O)OC(C)(C)C)C2)nc2c1c(=O)n(Cc1ccc3cc(F)ccc3n1)c(=O)n2C. The van der Waals surface area contributed by atoms with Crippen molar-refractivity contribution in [3.8, 4) is 11.8 Å². The summed E-state index contributed by atoms with van der Waals surface area (Å²) in [6.07, 6.45) is 1.06. The van der Waals surface area contributed by atoms with Crippen LogP contribution in [0.2, 0.25) is 0 Å². The molecule has 1 atom stereocenters. The zero-order valence-corrected chi connectivity index (χ0v) is 24.4. The monoisotopic (exact) mass is 575 g/mol. The van der Waals surface area contributed by atoms with Crippen molar-refractivity contribution in [1.82, 2.24) is 29.0 Å². The fourth-order valence-corrected chi connectivity index (χ4v) is 5.19. The highest BCUT2D eigenvalue weighted by Gasteiger charge is 2.29. The van der Waals surface area contributed by atoms with E-state index in [0.717, 1.165) is 17.4 Å². The third-order valence-corrected chi connectivity index (χ3v) is 7.08. The number of fused-ring (bicyclic) bond motifs is 2. The van der Waals surface area contributed by atoms with Crippen molar-refractivity contribution in [3.63, 3.8) is 0 Å². The van der Waals surface area contributed by atoms with Crippen LogP contribution in [-0.4, -0.2) is 54.5 Å². The number of carbonyl (C=O) groups is 1. The minimum absolute atomic E-state index is 0.0691. The molecule has 0 spiro atoms. The zero-order chi connectivity index (χ0) is 30.2. The highest BCUT2D eigenvalue weighted by Crippen LogP contribution is 2.24. The molecule has 1 amide bonds. The predicted octanol–water partition coefficient (Wildman–Crippen LogP) is 3.15. The smallest absolute Gasteiger partial charge is 0.407 e. The first kappa shape index (κ1) is 28.9. The number of ether oxygens (including phenoxy) is 1. The first-order chi connectivity index (χ1) is 19.9. The highest BCUT2D eigenvalue weighted by atomic mass is 19.1. The van der Waals surface area contributed by atoms with Gasteiger partial charge in [-0.25, -0.2) is 14.0 Å². The molecule has 42 heavy (non-hydrogen) atoms. The maximum atomic E-state index is 13.9. The normalized spacial score (nSPS) is 15.5. The van der Waals surface area contributed by atoms with Gasteiger partial charge in [-0.3, -0.25) is 23.5 Å². The second-order valence-corrected chi connectivity index (χ2v) is 11.4. The van der Waals surface area contributed by atoms with Crippen molar-refractivity contribution in [2.24, 2.45) is 7.05 Å². The Morgan fingerprint density at radius 1 is 1.17 bits per heavy atom. The largest absolute Gasteiger partial charge is 0.444 e. The Hall–Kier alpha value is -4.66. The van der Waals surface area contributed by atoms with E-state index in [1.807, 2.05) is 25.7 Å². The molecule has 1 saturated heterocycles. The number of carbonyl (C=O) groups excluding carboxylic acids is 1. The number of piperidine rings is 1. The highest BCUT2D eigenvalue weighted by molar-refractivity contribution is 5.78. The van der Waals surface area contributed by atoms with Crippen molar-refractivity contribution in [3.05, 3.63) is 62.7 Å². The van der Waals surface area contributed by atoms with Crippen LogP contribution >= 0.6 is 0 Å². The Balaban J connectivity index is 1.54. The van der Waals surface area contributed by atoms with Crippen LogP contribution in [0.3, 0.4) is 0 Å². The van der Waals surface area contributed by atoms with Crippen LogP contribution in [0.5, 0.6) is 0 Å². The van der Waals surface area contributed by atoms with Gasteiger partial charge in [0.2, 0.25) is 5.95 Å². The van der Waals surface area contributed by atoms with E-state index in [0.29, 0.717) is 35.6 Å². The number of hydrogen-bond donors (Lipinski definition) is 1. The van der Waals surface area contributed by atoms with E-state index in [1.54, 1.807) is 36.7 Å². The molecular formula is C30H34FN7O4. The lowest BCUT2D eigenvalue weighted by Crippen LogP contribution is -2.49. The molecule has 220 valence electrons. The van der Waals surface area contributed by atoms with E-state index < -0.39 is 22.9 Å². The van der Waals surface area contributed by atoms with Gasteiger partial charge in [0, 0.05) is 31.6 Å². The Labute approximate surface area is 241 Å². The molecule has 4 aromatic rings. The molecule has 5 rings (SSSR count). The summed E-state index contributed by atoms with van der Waals surface area (Å²) in [4.78, 5) is 51.0. The second-order valence-electron chi connectivity index (χ2n) is 11.4. The summed E-state index contributed by atoms with van der Waals surface area (Å²) in [7, 11) is 1.58. The van der Waals surface area contributed by atoms with Crippen molar-refractivity contribution in [2.75, 3.05) is 18.0 Å². The van der Waals surface area contributed by atoms with Crippen molar-refractivity contribution in [1.29, 1.82) is 0 Å². The molecule has 3 aromatic heterocycles. The summed E-state index contributed by atoms with van der Waals surface area (Å²) < 4.78 is 23.3. The van der Waals surface area contributed by atoms with Crippen LogP contribution in [0.25, 0.3) is 22.1 Å². The number of alkyl carbamates (subject to hydrolysis) is 1. The number of imidazole rings is 1. The van der Waals surface area contributed by atoms with E-state index in [4.69, 9.17) is 9.72 Å². The number of aryl methyl sites for hydroxylation is 1. The average molecular weight is 576 g/mol. The molecule has 0 unspecified atom stereocenters. The van der Waals surface area contributed by atoms with E-state index >= 15 is 0 Å². The number of amides is 1. The maximum absolute atomic E-state index is 13.9. The number of benzene rings is 1. The average Bonchev–Trinajstić information content (AvgIpc) is 3.32. The van der Waals surface area contributed by atoms with E-state index in [2.05, 4.69) is 22.1 Å². The Kier molecular flexibility index (Phi) is 7.77. The first-order valence-electron chi connectivity index (χ1n) is 13.8. The van der Waals surface area contributed by atoms with Gasteiger partial charge in [0.15, 0.2) is 11.2 Å². The molecule has 1 aromatic carbocycles. The molecule has 1 fully saturated rings. The number of nitrogens with one attached hydrogen (secondary N) is 1. The van der Waals surface area contributed by atoms with Gasteiger partial charge in [0.05, 0.1) is 24.3 Å². The maximum Gasteiger partial charge on any atom is 0.407 e. The summed E-state index contributed by atoms with van der Waals surface area (Å²) in [6.45, 7) is 8.37. The lowest BCUT2D eigenvalue weighted by Gasteiger charge is -2.34. The topological polar surface area (TPSA) is 116 Å². The number of rotatable bonds is 5. The van der Waals surface area contributed by atoms with Crippen LogP contribution < -0.4 is 21.5 Å². The van der Waals surface area contributed by atoms with Crippen molar-refractivity contribution in [2.45, 2.75) is 65.3 Å². The van der Waals surface area contributed by atoms with Crippen LogP contribution in [0.4, 0.5) is 15.1 Å². The van der Waals surface area contributed by atoms with Crippen LogP contribution in [0.15, 0.2) is 39.9 Å². The number of halogens is 1. The van der Waals surface area contributed by atoms with Gasteiger partial charge in [-0.1, -0.05) is 12.0 Å². The van der Waals surface area contributed by atoms with Gasteiger partial charge in [0.1, 0.15) is 11.4 Å². The lowest BCUT2D eigenvalue weighted by atomic mass is 10.1. The molecular weight excluding hydrogens is 541 g/mol. The molecule has 0 bridgehead atoms.